The first-order valence-corrected chi connectivity index (χ1v) is 10.9. The molecule has 30 heavy (non-hydrogen) atoms. The molecular weight excluding hydrogens is 402 g/mol. The van der Waals surface area contributed by atoms with E-state index in [0.29, 0.717) is 0 Å². The van der Waals surface area contributed by atoms with E-state index >= 15 is 0 Å². The van der Waals surface area contributed by atoms with Crippen molar-refractivity contribution in [3.05, 3.63) is 72.3 Å². The minimum absolute atomic E-state index is 0.00521. The Kier molecular flexibility index (Phi) is 5.27. The second kappa shape index (κ2) is 7.89. The van der Waals surface area contributed by atoms with E-state index in [2.05, 4.69) is 5.32 Å². The molecule has 1 N–H and O–H groups in total. The third-order valence-electron chi connectivity index (χ3n) is 5.15. The zero-order valence-corrected chi connectivity index (χ0v) is 17.2. The molecule has 154 valence electrons. The summed E-state index contributed by atoms with van der Waals surface area (Å²) in [5.41, 5.74) is 0.993. The average molecular weight is 423 g/mol. The van der Waals surface area contributed by atoms with Gasteiger partial charge in [-0.25, -0.2) is 8.42 Å². The van der Waals surface area contributed by atoms with E-state index in [1.54, 1.807) is 19.2 Å². The number of hydrogen-bond donors (Lipinski definition) is 1. The number of hydrogen-bond acceptors (Lipinski definition) is 4. The van der Waals surface area contributed by atoms with Crippen LogP contribution in [0.3, 0.4) is 0 Å². The van der Waals surface area contributed by atoms with E-state index in [-0.39, 0.29) is 41.9 Å². The molecule has 1 aliphatic rings. The molecule has 2 amide bonds. The van der Waals surface area contributed by atoms with E-state index in [0.717, 1.165) is 20.8 Å². The van der Waals surface area contributed by atoms with Gasteiger partial charge in [-0.05, 0) is 29.7 Å². The normalized spacial score (nSPS) is 15.0. The van der Waals surface area contributed by atoms with Gasteiger partial charge in [-0.2, -0.15) is 4.31 Å². The van der Waals surface area contributed by atoms with Crippen LogP contribution >= 0.6 is 0 Å². The Morgan fingerprint density at radius 2 is 1.77 bits per heavy atom. The molecule has 1 aliphatic heterocycles. The molecule has 0 bridgehead atoms. The molecule has 0 unspecified atom stereocenters. The van der Waals surface area contributed by atoms with Crippen LogP contribution in [0.25, 0.3) is 10.8 Å². The Balaban J connectivity index is 1.66. The van der Waals surface area contributed by atoms with Gasteiger partial charge in [-0.1, -0.05) is 42.5 Å². The Hall–Kier alpha value is -3.23. The van der Waals surface area contributed by atoms with Gasteiger partial charge in [0.25, 0.3) is 5.91 Å². The number of fused-ring (bicyclic) bond motifs is 1. The molecule has 0 atom stereocenters. The Bertz CT molecular complexity index is 1230. The van der Waals surface area contributed by atoms with E-state index < -0.39 is 10.0 Å². The molecule has 3 aromatic carbocycles. The van der Waals surface area contributed by atoms with Crippen molar-refractivity contribution in [2.24, 2.45) is 0 Å². The van der Waals surface area contributed by atoms with Gasteiger partial charge < -0.3 is 10.2 Å². The van der Waals surface area contributed by atoms with Crippen LogP contribution in [0, 0.1) is 0 Å². The second-order valence-electron chi connectivity index (χ2n) is 7.08. The molecule has 0 aromatic heterocycles. The zero-order valence-electron chi connectivity index (χ0n) is 16.4. The number of piperazine rings is 1. The quantitative estimate of drug-likeness (QED) is 0.697. The number of benzene rings is 3. The lowest BCUT2D eigenvalue weighted by atomic mass is 10.1. The molecule has 0 aliphatic carbocycles. The predicted molar refractivity (Wildman–Crippen MR) is 115 cm³/mol. The fourth-order valence-corrected chi connectivity index (χ4v) is 5.01. The van der Waals surface area contributed by atoms with Gasteiger partial charge in [-0.3, -0.25) is 9.59 Å². The van der Waals surface area contributed by atoms with Crippen molar-refractivity contribution in [3.8, 4) is 0 Å². The molecule has 1 heterocycles. The van der Waals surface area contributed by atoms with E-state index in [1.807, 2.05) is 42.5 Å². The number of carbonyl (C=O) groups excluding carboxylic acids is 2. The van der Waals surface area contributed by atoms with E-state index in [1.165, 1.54) is 17.0 Å². The van der Waals surface area contributed by atoms with Gasteiger partial charge in [0.1, 0.15) is 0 Å². The highest BCUT2D eigenvalue weighted by Crippen LogP contribution is 2.27. The van der Waals surface area contributed by atoms with Crippen LogP contribution < -0.4 is 10.2 Å². The lowest BCUT2D eigenvalue weighted by molar-refractivity contribution is -0.122. The Labute approximate surface area is 175 Å². The van der Waals surface area contributed by atoms with Gasteiger partial charge in [0.2, 0.25) is 15.9 Å². The van der Waals surface area contributed by atoms with Crippen LogP contribution in [0.4, 0.5) is 5.69 Å². The van der Waals surface area contributed by atoms with Crippen molar-refractivity contribution in [2.45, 2.75) is 4.90 Å². The standard InChI is InChI=1S/C22H21N3O4S/c1-24(20-11-5-7-16-6-2-3-10-19(16)20)22(27)17-8-4-9-18(14-17)30(28,29)25-13-12-23-21(26)15-25/h2-11,14H,12-13,15H2,1H3,(H,23,26). The summed E-state index contributed by atoms with van der Waals surface area (Å²) in [5, 5.41) is 4.55. The summed E-state index contributed by atoms with van der Waals surface area (Å²) in [6.45, 7) is 0.235. The minimum Gasteiger partial charge on any atom is -0.354 e. The first kappa shape index (κ1) is 20.1. The lowest BCUT2D eigenvalue weighted by Crippen LogP contribution is -2.49. The average Bonchev–Trinajstić information content (AvgIpc) is 2.78. The molecule has 0 saturated carbocycles. The fourth-order valence-electron chi connectivity index (χ4n) is 3.56. The smallest absolute Gasteiger partial charge is 0.258 e. The number of rotatable bonds is 4. The highest BCUT2D eigenvalue weighted by atomic mass is 32.2. The summed E-state index contributed by atoms with van der Waals surface area (Å²) >= 11 is 0. The fraction of sp³-hybridized carbons (Fsp3) is 0.182. The molecule has 0 spiro atoms. The molecule has 3 aromatic rings. The third kappa shape index (κ3) is 3.67. The first-order valence-electron chi connectivity index (χ1n) is 9.51. The van der Waals surface area contributed by atoms with Crippen LogP contribution in [0.1, 0.15) is 10.4 Å². The van der Waals surface area contributed by atoms with Crippen LogP contribution in [0.2, 0.25) is 0 Å². The highest BCUT2D eigenvalue weighted by Gasteiger charge is 2.30. The van der Waals surface area contributed by atoms with E-state index in [4.69, 9.17) is 0 Å². The predicted octanol–water partition coefficient (Wildman–Crippen LogP) is 2.24. The summed E-state index contributed by atoms with van der Waals surface area (Å²) in [6.07, 6.45) is 0. The van der Waals surface area contributed by atoms with Crippen molar-refractivity contribution in [2.75, 3.05) is 31.6 Å². The summed E-state index contributed by atoms with van der Waals surface area (Å²) in [6, 6.07) is 19.4. The third-order valence-corrected chi connectivity index (χ3v) is 7.00. The monoisotopic (exact) mass is 423 g/mol. The molecule has 1 saturated heterocycles. The maximum atomic E-state index is 13.1. The van der Waals surface area contributed by atoms with Crippen LogP contribution in [-0.4, -0.2) is 51.2 Å². The van der Waals surface area contributed by atoms with Gasteiger partial charge in [0, 0.05) is 31.1 Å². The summed E-state index contributed by atoms with van der Waals surface area (Å²) in [5.74, 6) is -0.660. The highest BCUT2D eigenvalue weighted by molar-refractivity contribution is 7.89. The van der Waals surface area contributed by atoms with Crippen molar-refractivity contribution in [3.63, 3.8) is 0 Å². The number of sulfonamides is 1. The molecule has 7 nitrogen and oxygen atoms in total. The Morgan fingerprint density at radius 1 is 1.03 bits per heavy atom. The SMILES string of the molecule is CN(C(=O)c1cccc(S(=O)(=O)N2CCNC(=O)C2)c1)c1cccc2ccccc12. The Morgan fingerprint density at radius 3 is 2.57 bits per heavy atom. The number of anilines is 1. The summed E-state index contributed by atoms with van der Waals surface area (Å²) < 4.78 is 27.0. The van der Waals surface area contributed by atoms with Gasteiger partial charge >= 0.3 is 0 Å². The van der Waals surface area contributed by atoms with Gasteiger partial charge in [-0.15, -0.1) is 0 Å². The van der Waals surface area contributed by atoms with Crippen LogP contribution in [0.15, 0.2) is 71.6 Å². The molecular formula is C22H21N3O4S. The van der Waals surface area contributed by atoms with Crippen molar-refractivity contribution < 1.29 is 18.0 Å². The number of nitrogens with zero attached hydrogens (tertiary/aromatic N) is 2. The molecule has 0 radical (unpaired) electrons. The number of nitrogens with one attached hydrogen (secondary N) is 1. The summed E-state index contributed by atoms with van der Waals surface area (Å²) in [4.78, 5) is 26.3. The second-order valence-corrected chi connectivity index (χ2v) is 9.02. The maximum absolute atomic E-state index is 13.1. The van der Waals surface area contributed by atoms with Gasteiger partial charge in [0.15, 0.2) is 0 Å². The van der Waals surface area contributed by atoms with Crippen molar-refractivity contribution >= 4 is 38.3 Å². The largest absolute Gasteiger partial charge is 0.354 e. The van der Waals surface area contributed by atoms with Crippen LogP contribution in [-0.2, 0) is 14.8 Å². The zero-order chi connectivity index (χ0) is 21.3. The summed E-state index contributed by atoms with van der Waals surface area (Å²) in [7, 11) is -2.21. The van der Waals surface area contributed by atoms with Crippen molar-refractivity contribution in [1.29, 1.82) is 0 Å². The van der Waals surface area contributed by atoms with Crippen molar-refractivity contribution in [1.82, 2.24) is 9.62 Å². The van der Waals surface area contributed by atoms with E-state index in [9.17, 15) is 18.0 Å². The lowest BCUT2D eigenvalue weighted by Gasteiger charge is -2.26. The number of carbonyl (C=O) groups is 2. The maximum Gasteiger partial charge on any atom is 0.258 e. The number of amides is 2. The van der Waals surface area contributed by atoms with Crippen LogP contribution in [0.5, 0.6) is 0 Å². The molecule has 1 fully saturated rings. The first-order chi connectivity index (χ1) is 14.4. The topological polar surface area (TPSA) is 86.8 Å². The molecule has 4 rings (SSSR count). The van der Waals surface area contributed by atoms with Gasteiger partial charge in [0.05, 0.1) is 17.1 Å². The molecule has 8 heteroatoms. The minimum atomic E-state index is -3.87.